The summed E-state index contributed by atoms with van der Waals surface area (Å²) in [5.74, 6) is -0.162. The lowest BCUT2D eigenvalue weighted by atomic mass is 10.1. The van der Waals surface area contributed by atoms with Gasteiger partial charge in [-0.25, -0.2) is 0 Å². The first-order valence-corrected chi connectivity index (χ1v) is 7.06. The fraction of sp³-hybridized carbons (Fsp3) is 0.429. The molecule has 94 valence electrons. The van der Waals surface area contributed by atoms with Gasteiger partial charge in [-0.05, 0) is 44.2 Å². The van der Waals surface area contributed by atoms with E-state index in [1.807, 2.05) is 0 Å². The Bertz CT molecular complexity index is 523. The number of carbonyl (C=O) groups excluding carboxylic acids is 1. The Morgan fingerprint density at radius 2 is 2.17 bits per heavy atom. The van der Waals surface area contributed by atoms with Crippen molar-refractivity contribution in [3.63, 3.8) is 0 Å². The highest BCUT2D eigenvalue weighted by Crippen LogP contribution is 2.36. The second-order valence-corrected chi connectivity index (χ2v) is 5.47. The maximum absolute atomic E-state index is 11.6. The highest BCUT2D eigenvalue weighted by Gasteiger charge is 2.20. The van der Waals surface area contributed by atoms with Crippen LogP contribution in [0.2, 0.25) is 0 Å². The molecule has 2 rings (SSSR count). The van der Waals surface area contributed by atoms with Crippen LogP contribution in [0.1, 0.15) is 42.2 Å². The van der Waals surface area contributed by atoms with Gasteiger partial charge in [0.1, 0.15) is 11.1 Å². The van der Waals surface area contributed by atoms with E-state index in [2.05, 4.69) is 11.4 Å². The number of aryl methyl sites for hydroxylation is 1. The number of anilines is 1. The van der Waals surface area contributed by atoms with Crippen molar-refractivity contribution in [3.8, 4) is 6.07 Å². The molecule has 4 heteroatoms. The summed E-state index contributed by atoms with van der Waals surface area (Å²) in [6.45, 7) is 1.80. The van der Waals surface area contributed by atoms with Crippen LogP contribution < -0.4 is 5.32 Å². The Labute approximate surface area is 111 Å². The highest BCUT2D eigenvalue weighted by molar-refractivity contribution is 7.16. The molecule has 0 unspecified atom stereocenters. The lowest BCUT2D eigenvalue weighted by Gasteiger charge is -2.00. The van der Waals surface area contributed by atoms with Gasteiger partial charge in [-0.1, -0.05) is 12.5 Å². The minimum Gasteiger partial charge on any atom is -0.313 e. The molecule has 1 N–H and O–H groups in total. The normalized spacial score (nSPS) is 14.9. The standard InChI is InChI=1S/C14H16N2OS/c1-2-6-13(17)16-14-11(9-15)10-7-4-3-5-8-12(10)18-14/h2,6H,3-5,7-8H2,1H3,(H,16,17). The second-order valence-electron chi connectivity index (χ2n) is 4.37. The zero-order chi connectivity index (χ0) is 13.0. The zero-order valence-corrected chi connectivity index (χ0v) is 11.3. The topological polar surface area (TPSA) is 52.9 Å². The average molecular weight is 260 g/mol. The van der Waals surface area contributed by atoms with E-state index in [-0.39, 0.29) is 5.91 Å². The number of carbonyl (C=O) groups is 1. The molecule has 0 saturated heterocycles. The van der Waals surface area contributed by atoms with E-state index in [9.17, 15) is 10.1 Å². The van der Waals surface area contributed by atoms with Gasteiger partial charge >= 0.3 is 0 Å². The van der Waals surface area contributed by atoms with Crippen LogP contribution in [0.3, 0.4) is 0 Å². The van der Waals surface area contributed by atoms with Gasteiger partial charge in [-0.15, -0.1) is 11.3 Å². The van der Waals surface area contributed by atoms with Crippen molar-refractivity contribution in [2.75, 3.05) is 5.32 Å². The number of allylic oxidation sites excluding steroid dienone is 1. The molecule has 1 aromatic heterocycles. The van der Waals surface area contributed by atoms with Crippen LogP contribution in [0.5, 0.6) is 0 Å². The van der Waals surface area contributed by atoms with Gasteiger partial charge in [0.15, 0.2) is 0 Å². The van der Waals surface area contributed by atoms with Gasteiger partial charge in [0.05, 0.1) is 5.56 Å². The number of thiophene rings is 1. The van der Waals surface area contributed by atoms with Crippen LogP contribution in [0, 0.1) is 11.3 Å². The van der Waals surface area contributed by atoms with Crippen LogP contribution in [-0.4, -0.2) is 5.91 Å². The summed E-state index contributed by atoms with van der Waals surface area (Å²) in [6.07, 6.45) is 8.72. The van der Waals surface area contributed by atoms with Gasteiger partial charge in [0, 0.05) is 4.88 Å². The molecule has 1 amide bonds. The number of amides is 1. The van der Waals surface area contributed by atoms with E-state index in [0.717, 1.165) is 24.8 Å². The van der Waals surface area contributed by atoms with E-state index < -0.39 is 0 Å². The minimum absolute atomic E-state index is 0.162. The molecule has 0 bridgehead atoms. The number of nitrogens with one attached hydrogen (secondary N) is 1. The molecule has 3 nitrogen and oxygen atoms in total. The minimum atomic E-state index is -0.162. The SMILES string of the molecule is CC=CC(=O)Nc1sc2c(c1C#N)CCCCC2. The lowest BCUT2D eigenvalue weighted by molar-refractivity contribution is -0.111. The zero-order valence-electron chi connectivity index (χ0n) is 10.5. The van der Waals surface area contributed by atoms with Gasteiger partial charge in [0.25, 0.3) is 0 Å². The third kappa shape index (κ3) is 2.62. The summed E-state index contributed by atoms with van der Waals surface area (Å²) in [4.78, 5) is 12.8. The van der Waals surface area contributed by atoms with Crippen LogP contribution in [0.25, 0.3) is 0 Å². The van der Waals surface area contributed by atoms with Crippen molar-refractivity contribution in [1.82, 2.24) is 0 Å². The van der Waals surface area contributed by atoms with E-state index in [1.165, 1.54) is 23.8 Å². The molecule has 0 spiro atoms. The number of hydrogen-bond acceptors (Lipinski definition) is 3. The summed E-state index contributed by atoms with van der Waals surface area (Å²) < 4.78 is 0. The molecule has 1 aromatic rings. The third-order valence-electron chi connectivity index (χ3n) is 3.09. The monoisotopic (exact) mass is 260 g/mol. The first-order valence-electron chi connectivity index (χ1n) is 6.24. The molecule has 1 heterocycles. The van der Waals surface area contributed by atoms with Gasteiger partial charge in [-0.2, -0.15) is 5.26 Å². The maximum atomic E-state index is 11.6. The molecule has 0 radical (unpaired) electrons. The molecule has 1 aliphatic rings. The fourth-order valence-electron chi connectivity index (χ4n) is 2.25. The van der Waals surface area contributed by atoms with Crippen LogP contribution >= 0.6 is 11.3 Å². The summed E-state index contributed by atoms with van der Waals surface area (Å²) in [6, 6.07) is 2.25. The first-order chi connectivity index (χ1) is 8.76. The maximum Gasteiger partial charge on any atom is 0.248 e. The van der Waals surface area contributed by atoms with Crippen molar-refractivity contribution >= 4 is 22.2 Å². The fourth-order valence-corrected chi connectivity index (χ4v) is 3.50. The number of fused-ring (bicyclic) bond motifs is 1. The Hall–Kier alpha value is -1.60. The molecule has 0 atom stereocenters. The number of nitrogens with zero attached hydrogens (tertiary/aromatic N) is 1. The molecule has 18 heavy (non-hydrogen) atoms. The molecule has 0 fully saturated rings. The van der Waals surface area contributed by atoms with Crippen molar-refractivity contribution in [2.24, 2.45) is 0 Å². The molecular weight excluding hydrogens is 244 g/mol. The predicted molar refractivity (Wildman–Crippen MR) is 73.7 cm³/mol. The third-order valence-corrected chi connectivity index (χ3v) is 4.30. The van der Waals surface area contributed by atoms with E-state index in [1.54, 1.807) is 24.3 Å². The Kier molecular flexibility index (Phi) is 4.16. The Morgan fingerprint density at radius 3 is 2.89 bits per heavy atom. The molecule has 0 aromatic carbocycles. The van der Waals surface area contributed by atoms with Crippen LogP contribution in [0.15, 0.2) is 12.2 Å². The largest absolute Gasteiger partial charge is 0.313 e. The quantitative estimate of drug-likeness (QED) is 0.654. The summed E-state index contributed by atoms with van der Waals surface area (Å²) >= 11 is 1.57. The lowest BCUT2D eigenvalue weighted by Crippen LogP contribution is -2.07. The van der Waals surface area contributed by atoms with Gasteiger partial charge in [0.2, 0.25) is 5.91 Å². The van der Waals surface area contributed by atoms with E-state index in [0.29, 0.717) is 10.6 Å². The highest BCUT2D eigenvalue weighted by atomic mass is 32.1. The number of nitriles is 1. The number of hydrogen-bond donors (Lipinski definition) is 1. The average Bonchev–Trinajstić information content (AvgIpc) is 2.52. The van der Waals surface area contributed by atoms with Crippen LogP contribution in [0.4, 0.5) is 5.00 Å². The van der Waals surface area contributed by atoms with Crippen molar-refractivity contribution in [2.45, 2.75) is 39.0 Å². The Balaban J connectivity index is 2.32. The summed E-state index contributed by atoms with van der Waals surface area (Å²) in [5.41, 5.74) is 1.84. The van der Waals surface area contributed by atoms with Crippen molar-refractivity contribution < 1.29 is 4.79 Å². The van der Waals surface area contributed by atoms with E-state index in [4.69, 9.17) is 0 Å². The second kappa shape index (κ2) is 5.83. The smallest absolute Gasteiger partial charge is 0.248 e. The van der Waals surface area contributed by atoms with Crippen LogP contribution in [-0.2, 0) is 17.6 Å². The summed E-state index contributed by atoms with van der Waals surface area (Å²) in [7, 11) is 0. The Morgan fingerprint density at radius 1 is 1.39 bits per heavy atom. The van der Waals surface area contributed by atoms with Crippen molar-refractivity contribution in [1.29, 1.82) is 5.26 Å². The molecule has 1 aliphatic carbocycles. The molecular formula is C14H16N2OS. The number of rotatable bonds is 2. The van der Waals surface area contributed by atoms with Gasteiger partial charge in [-0.3, -0.25) is 4.79 Å². The van der Waals surface area contributed by atoms with Gasteiger partial charge < -0.3 is 5.32 Å². The van der Waals surface area contributed by atoms with Crippen molar-refractivity contribution in [3.05, 3.63) is 28.2 Å². The molecule has 0 aliphatic heterocycles. The van der Waals surface area contributed by atoms with E-state index >= 15 is 0 Å². The predicted octanol–water partition coefficient (Wildman–Crippen LogP) is 3.40. The first kappa shape index (κ1) is 12.8. The summed E-state index contributed by atoms with van der Waals surface area (Å²) in [5, 5.41) is 12.8. The molecule has 0 saturated carbocycles.